The van der Waals surface area contributed by atoms with Crippen LogP contribution < -0.4 is 4.74 Å². The van der Waals surface area contributed by atoms with Gasteiger partial charge < -0.3 is 9.84 Å². The van der Waals surface area contributed by atoms with Crippen LogP contribution in [0.3, 0.4) is 0 Å². The summed E-state index contributed by atoms with van der Waals surface area (Å²) in [5.74, 6) is 1.20. The Balaban J connectivity index is 1.36. The molecule has 2 fully saturated rings. The zero-order valence-electron chi connectivity index (χ0n) is 19.2. The van der Waals surface area contributed by atoms with Crippen molar-refractivity contribution in [2.45, 2.75) is 37.4 Å². The Morgan fingerprint density at radius 2 is 1.79 bits per heavy atom. The third-order valence-corrected chi connectivity index (χ3v) is 7.17. The lowest BCUT2D eigenvalue weighted by Gasteiger charge is -2.57. The highest BCUT2D eigenvalue weighted by Crippen LogP contribution is 2.42. The van der Waals surface area contributed by atoms with E-state index < -0.39 is 0 Å². The number of aliphatic hydroxyl groups excluding tert-OH is 1. The first-order valence-electron chi connectivity index (χ1n) is 11.8. The molecular formula is C27H32N4O2. The fourth-order valence-electron chi connectivity index (χ4n) is 5.53. The Bertz CT molecular complexity index is 1040. The molecule has 2 saturated heterocycles. The van der Waals surface area contributed by atoms with Gasteiger partial charge in [-0.15, -0.1) is 0 Å². The molecule has 6 heteroatoms. The molecule has 6 nitrogen and oxygen atoms in total. The van der Waals surface area contributed by atoms with Crippen LogP contribution in [0.4, 0.5) is 0 Å². The molecule has 0 saturated carbocycles. The minimum Gasteiger partial charge on any atom is -0.497 e. The molecule has 33 heavy (non-hydrogen) atoms. The van der Waals surface area contributed by atoms with Crippen molar-refractivity contribution in [1.82, 2.24) is 19.8 Å². The van der Waals surface area contributed by atoms with Gasteiger partial charge >= 0.3 is 0 Å². The van der Waals surface area contributed by atoms with Crippen molar-refractivity contribution >= 4 is 0 Å². The van der Waals surface area contributed by atoms with E-state index in [4.69, 9.17) is 4.74 Å². The smallest absolute Gasteiger partial charge is 0.119 e. The second-order valence-electron chi connectivity index (χ2n) is 9.12. The molecule has 172 valence electrons. The third kappa shape index (κ3) is 4.64. The number of rotatable bonds is 6. The van der Waals surface area contributed by atoms with E-state index in [1.165, 1.54) is 17.5 Å². The Kier molecular flexibility index (Phi) is 6.67. The predicted molar refractivity (Wildman–Crippen MR) is 129 cm³/mol. The van der Waals surface area contributed by atoms with Gasteiger partial charge in [-0.2, -0.15) is 0 Å². The molecule has 0 unspecified atom stereocenters. The maximum Gasteiger partial charge on any atom is 0.119 e. The molecule has 0 spiro atoms. The van der Waals surface area contributed by atoms with Crippen LogP contribution in [0.1, 0.15) is 29.9 Å². The van der Waals surface area contributed by atoms with Crippen LogP contribution in [0.15, 0.2) is 67.3 Å². The van der Waals surface area contributed by atoms with Gasteiger partial charge in [0.2, 0.25) is 0 Å². The number of nitrogens with zero attached hydrogens (tertiary/aromatic N) is 4. The maximum atomic E-state index is 10.2. The Labute approximate surface area is 195 Å². The predicted octanol–water partition coefficient (Wildman–Crippen LogP) is 3.58. The van der Waals surface area contributed by atoms with Crippen LogP contribution in [0, 0.1) is 0 Å². The van der Waals surface area contributed by atoms with Crippen LogP contribution in [0.2, 0.25) is 0 Å². The van der Waals surface area contributed by atoms with E-state index in [0.717, 1.165) is 49.5 Å². The van der Waals surface area contributed by atoms with Crippen LogP contribution >= 0.6 is 0 Å². The number of aromatic nitrogens is 2. The van der Waals surface area contributed by atoms with Crippen LogP contribution in [0.5, 0.6) is 5.75 Å². The number of ether oxygens (including phenoxy) is 1. The molecule has 0 radical (unpaired) electrons. The number of hydrogen-bond acceptors (Lipinski definition) is 6. The molecule has 3 heterocycles. The highest BCUT2D eigenvalue weighted by Gasteiger charge is 2.49. The Hall–Kier alpha value is -2.80. The van der Waals surface area contributed by atoms with Gasteiger partial charge in [0.05, 0.1) is 13.7 Å². The fraction of sp³-hybridized carbons (Fsp3) is 0.407. The standard InChI is InChI=1S/C27H32N4O2/c1-33-24-6-4-5-23(13-24)21-7-9-22(10-8-21)27-25-17-30(16-20-14-28-19-29-15-20)11-2-3-12-31(25)26(27)18-32/h4-10,13-15,19,25-27,32H,2-3,11-12,16-18H2,1H3/t25-,26-,27-/m0/s1. The zero-order chi connectivity index (χ0) is 22.6. The second kappa shape index (κ2) is 10.00. The van der Waals surface area contributed by atoms with Crippen LogP contribution in [-0.2, 0) is 6.54 Å². The summed E-state index contributed by atoms with van der Waals surface area (Å²) >= 11 is 0. The van der Waals surface area contributed by atoms with Crippen molar-refractivity contribution in [2.24, 2.45) is 0 Å². The van der Waals surface area contributed by atoms with E-state index in [9.17, 15) is 5.11 Å². The summed E-state index contributed by atoms with van der Waals surface area (Å²) in [6.45, 7) is 4.22. The molecule has 2 aliphatic rings. The lowest BCUT2D eigenvalue weighted by Crippen LogP contribution is -2.67. The van der Waals surface area contributed by atoms with Gasteiger partial charge in [-0.05, 0) is 54.8 Å². The first kappa shape index (κ1) is 22.0. The summed E-state index contributed by atoms with van der Waals surface area (Å²) in [6.07, 6.45) is 7.75. The average Bonchev–Trinajstić information content (AvgIpc) is 2.85. The van der Waals surface area contributed by atoms with E-state index in [0.29, 0.717) is 12.0 Å². The third-order valence-electron chi connectivity index (χ3n) is 7.17. The van der Waals surface area contributed by atoms with Crippen molar-refractivity contribution < 1.29 is 9.84 Å². The van der Waals surface area contributed by atoms with Crippen LogP contribution in [0.25, 0.3) is 11.1 Å². The molecule has 1 N–H and O–H groups in total. The molecular weight excluding hydrogens is 412 g/mol. The van der Waals surface area contributed by atoms with Gasteiger partial charge in [-0.25, -0.2) is 9.97 Å². The van der Waals surface area contributed by atoms with Gasteiger partial charge in [-0.1, -0.05) is 36.4 Å². The highest BCUT2D eigenvalue weighted by atomic mass is 16.5. The molecule has 3 aromatic rings. The summed E-state index contributed by atoms with van der Waals surface area (Å²) in [7, 11) is 1.70. The highest BCUT2D eigenvalue weighted by molar-refractivity contribution is 5.65. The molecule has 3 atom stereocenters. The number of methoxy groups -OCH3 is 1. The van der Waals surface area contributed by atoms with Gasteiger partial charge in [-0.3, -0.25) is 9.80 Å². The number of aliphatic hydroxyl groups is 1. The Morgan fingerprint density at radius 3 is 2.55 bits per heavy atom. The molecule has 0 bridgehead atoms. The number of benzene rings is 2. The van der Waals surface area contributed by atoms with Crippen molar-refractivity contribution in [3.05, 3.63) is 78.4 Å². The molecule has 0 amide bonds. The number of hydrogen-bond donors (Lipinski definition) is 1. The van der Waals surface area contributed by atoms with Crippen molar-refractivity contribution in [2.75, 3.05) is 33.4 Å². The van der Waals surface area contributed by atoms with E-state index >= 15 is 0 Å². The zero-order valence-corrected chi connectivity index (χ0v) is 19.2. The lowest BCUT2D eigenvalue weighted by molar-refractivity contribution is -0.0655. The monoisotopic (exact) mass is 444 g/mol. The first-order valence-corrected chi connectivity index (χ1v) is 11.8. The van der Waals surface area contributed by atoms with Gasteiger partial charge in [0.25, 0.3) is 0 Å². The summed E-state index contributed by atoms with van der Waals surface area (Å²) in [5.41, 5.74) is 4.79. The fourth-order valence-corrected chi connectivity index (χ4v) is 5.53. The van der Waals surface area contributed by atoms with Crippen molar-refractivity contribution in [3.8, 4) is 16.9 Å². The van der Waals surface area contributed by atoms with E-state index in [-0.39, 0.29) is 12.6 Å². The molecule has 5 rings (SSSR count). The summed E-state index contributed by atoms with van der Waals surface area (Å²) in [6, 6.07) is 17.7. The molecule has 1 aromatic heterocycles. The minimum absolute atomic E-state index is 0.192. The molecule has 0 aliphatic carbocycles. The average molecular weight is 445 g/mol. The van der Waals surface area contributed by atoms with Crippen molar-refractivity contribution in [3.63, 3.8) is 0 Å². The van der Waals surface area contributed by atoms with Gasteiger partial charge in [0.1, 0.15) is 12.1 Å². The Morgan fingerprint density at radius 1 is 1.00 bits per heavy atom. The molecule has 2 aliphatic heterocycles. The van der Waals surface area contributed by atoms with Gasteiger partial charge in [0, 0.05) is 49.0 Å². The van der Waals surface area contributed by atoms with Crippen molar-refractivity contribution in [1.29, 1.82) is 0 Å². The summed E-state index contributed by atoms with van der Waals surface area (Å²) < 4.78 is 5.38. The van der Waals surface area contributed by atoms with Crippen LogP contribution in [-0.4, -0.2) is 70.3 Å². The molecule has 2 aromatic carbocycles. The second-order valence-corrected chi connectivity index (χ2v) is 9.12. The number of fused-ring (bicyclic) bond motifs is 1. The van der Waals surface area contributed by atoms with E-state index in [1.807, 2.05) is 24.5 Å². The SMILES string of the molecule is COc1cccc(-c2ccc([C@@H]3[C@H](CO)N4CCCCN(Cc5cncnc5)C[C@@H]34)cc2)c1. The maximum absolute atomic E-state index is 10.2. The first-order chi connectivity index (χ1) is 16.3. The van der Waals surface area contributed by atoms with E-state index in [2.05, 4.69) is 56.2 Å². The topological polar surface area (TPSA) is 61.7 Å². The van der Waals surface area contributed by atoms with E-state index in [1.54, 1.807) is 13.4 Å². The van der Waals surface area contributed by atoms with Gasteiger partial charge in [0.15, 0.2) is 0 Å². The summed E-state index contributed by atoms with van der Waals surface area (Å²) in [4.78, 5) is 13.4. The minimum atomic E-state index is 0.192. The largest absolute Gasteiger partial charge is 0.497 e. The normalized spacial score (nSPS) is 23.8. The lowest BCUT2D eigenvalue weighted by atomic mass is 9.74. The quantitative estimate of drug-likeness (QED) is 0.627. The summed E-state index contributed by atoms with van der Waals surface area (Å²) in [5, 5.41) is 10.2.